The Hall–Kier alpha value is -2.28. The lowest BCUT2D eigenvalue weighted by Gasteiger charge is -2.36. The molecule has 2 fully saturated rings. The van der Waals surface area contributed by atoms with Gasteiger partial charge in [-0.3, -0.25) is 4.79 Å². The molecule has 6 nitrogen and oxygen atoms in total. The van der Waals surface area contributed by atoms with Crippen molar-refractivity contribution in [2.24, 2.45) is 5.41 Å². The zero-order valence-electron chi connectivity index (χ0n) is 16.2. The van der Waals surface area contributed by atoms with Crippen LogP contribution < -0.4 is 0 Å². The zero-order valence-corrected chi connectivity index (χ0v) is 16.2. The van der Waals surface area contributed by atoms with E-state index in [0.29, 0.717) is 43.5 Å². The molecule has 2 aliphatic heterocycles. The molecule has 1 aromatic carbocycles. The van der Waals surface area contributed by atoms with E-state index in [1.54, 1.807) is 12.1 Å². The average molecular weight is 387 g/mol. The summed E-state index contributed by atoms with van der Waals surface area (Å²) in [5.74, 6) is 0.919. The molecule has 1 unspecified atom stereocenters. The van der Waals surface area contributed by atoms with Crippen molar-refractivity contribution in [3.05, 3.63) is 36.0 Å². The maximum atomic E-state index is 13.2. The fraction of sp³-hybridized carbons (Fsp3) is 0.571. The van der Waals surface area contributed by atoms with Gasteiger partial charge in [-0.1, -0.05) is 18.5 Å². The van der Waals surface area contributed by atoms with Crippen LogP contribution in [0.25, 0.3) is 11.4 Å². The Balaban J connectivity index is 1.59. The monoisotopic (exact) mass is 387 g/mol. The average Bonchev–Trinajstić information content (AvgIpc) is 3.33. The minimum Gasteiger partial charge on any atom is -0.381 e. The molecule has 1 atom stereocenters. The number of ether oxygens (including phenoxy) is 1. The van der Waals surface area contributed by atoms with Crippen LogP contribution in [0, 0.1) is 11.2 Å². The molecule has 1 amide bonds. The van der Waals surface area contributed by atoms with Gasteiger partial charge < -0.3 is 14.2 Å². The normalized spacial score (nSPS) is 21.4. The van der Waals surface area contributed by atoms with Crippen molar-refractivity contribution in [1.29, 1.82) is 0 Å². The van der Waals surface area contributed by atoms with Crippen LogP contribution in [0.4, 0.5) is 4.39 Å². The van der Waals surface area contributed by atoms with E-state index in [9.17, 15) is 9.18 Å². The third-order valence-corrected chi connectivity index (χ3v) is 6.08. The molecule has 0 saturated carbocycles. The molecule has 0 radical (unpaired) electrons. The molecule has 0 aliphatic carbocycles. The smallest absolute Gasteiger partial charge is 0.232 e. The molecule has 1 aromatic heterocycles. The minimum absolute atomic E-state index is 0.00340. The van der Waals surface area contributed by atoms with Gasteiger partial charge in [0, 0.05) is 43.7 Å². The van der Waals surface area contributed by atoms with Crippen LogP contribution in [0.15, 0.2) is 28.8 Å². The SMILES string of the molecule is CCCCC(=O)N1CC(c2nc(-c3ccc(F)cc3)no2)C2(CCOCC2)C1. The second-order valence-electron chi connectivity index (χ2n) is 7.87. The van der Waals surface area contributed by atoms with E-state index in [2.05, 4.69) is 17.1 Å². The van der Waals surface area contributed by atoms with Crippen molar-refractivity contribution in [2.75, 3.05) is 26.3 Å². The number of hydrogen-bond acceptors (Lipinski definition) is 5. The van der Waals surface area contributed by atoms with Crippen LogP contribution in [-0.4, -0.2) is 47.3 Å². The number of amides is 1. The lowest BCUT2D eigenvalue weighted by Crippen LogP contribution is -2.37. The minimum atomic E-state index is -0.300. The van der Waals surface area contributed by atoms with E-state index in [1.165, 1.54) is 12.1 Å². The van der Waals surface area contributed by atoms with Gasteiger partial charge in [-0.05, 0) is 43.5 Å². The Labute approximate surface area is 164 Å². The summed E-state index contributed by atoms with van der Waals surface area (Å²) in [6.07, 6.45) is 4.26. The predicted molar refractivity (Wildman–Crippen MR) is 101 cm³/mol. The molecule has 4 rings (SSSR count). The largest absolute Gasteiger partial charge is 0.381 e. The molecule has 28 heavy (non-hydrogen) atoms. The van der Waals surface area contributed by atoms with Crippen LogP contribution in [0.3, 0.4) is 0 Å². The second-order valence-corrected chi connectivity index (χ2v) is 7.87. The first-order valence-electron chi connectivity index (χ1n) is 10.1. The van der Waals surface area contributed by atoms with E-state index in [4.69, 9.17) is 9.26 Å². The second kappa shape index (κ2) is 7.99. The van der Waals surface area contributed by atoms with Gasteiger partial charge in [0.25, 0.3) is 0 Å². The first-order chi connectivity index (χ1) is 13.6. The van der Waals surface area contributed by atoms with E-state index in [-0.39, 0.29) is 23.1 Å². The molecule has 1 spiro atoms. The number of unbranched alkanes of at least 4 members (excludes halogenated alkanes) is 1. The highest BCUT2D eigenvalue weighted by Gasteiger charge is 2.51. The fourth-order valence-electron chi connectivity index (χ4n) is 4.36. The molecule has 2 aliphatic rings. The number of likely N-dealkylation sites (tertiary alicyclic amines) is 1. The number of rotatable bonds is 5. The van der Waals surface area contributed by atoms with Crippen LogP contribution in [0.2, 0.25) is 0 Å². The van der Waals surface area contributed by atoms with Gasteiger partial charge >= 0.3 is 0 Å². The number of hydrogen-bond donors (Lipinski definition) is 0. The van der Waals surface area contributed by atoms with E-state index in [0.717, 1.165) is 32.2 Å². The Kier molecular flexibility index (Phi) is 5.44. The number of benzene rings is 1. The number of carbonyl (C=O) groups is 1. The first-order valence-corrected chi connectivity index (χ1v) is 10.1. The molecule has 7 heteroatoms. The summed E-state index contributed by atoms with van der Waals surface area (Å²) in [7, 11) is 0. The molecule has 150 valence electrons. The number of aromatic nitrogens is 2. The Morgan fingerprint density at radius 3 is 2.75 bits per heavy atom. The van der Waals surface area contributed by atoms with Gasteiger partial charge in [-0.2, -0.15) is 4.98 Å². The molecular weight excluding hydrogens is 361 g/mol. The van der Waals surface area contributed by atoms with Gasteiger partial charge in [0.15, 0.2) is 0 Å². The molecule has 2 saturated heterocycles. The van der Waals surface area contributed by atoms with Crippen molar-refractivity contribution in [3.8, 4) is 11.4 Å². The lowest BCUT2D eigenvalue weighted by atomic mass is 9.72. The van der Waals surface area contributed by atoms with E-state index < -0.39 is 0 Å². The molecule has 2 aromatic rings. The highest BCUT2D eigenvalue weighted by molar-refractivity contribution is 5.76. The molecule has 3 heterocycles. The van der Waals surface area contributed by atoms with Gasteiger partial charge in [0.2, 0.25) is 17.6 Å². The summed E-state index contributed by atoms with van der Waals surface area (Å²) in [6, 6.07) is 6.05. The van der Waals surface area contributed by atoms with E-state index >= 15 is 0 Å². The van der Waals surface area contributed by atoms with Crippen LogP contribution in [0.1, 0.15) is 50.8 Å². The van der Waals surface area contributed by atoms with Crippen molar-refractivity contribution in [3.63, 3.8) is 0 Å². The van der Waals surface area contributed by atoms with Crippen molar-refractivity contribution >= 4 is 5.91 Å². The van der Waals surface area contributed by atoms with Gasteiger partial charge in [0.1, 0.15) is 5.82 Å². The standard InChI is InChI=1S/C21H26FN3O3/c1-2-3-4-18(26)25-13-17(21(14-25)9-11-27-12-10-21)20-23-19(24-28-20)15-5-7-16(22)8-6-15/h5-8,17H,2-4,9-14H2,1H3. The highest BCUT2D eigenvalue weighted by Crippen LogP contribution is 2.49. The fourth-order valence-corrected chi connectivity index (χ4v) is 4.36. The summed E-state index contributed by atoms with van der Waals surface area (Å²) in [5, 5.41) is 4.11. The van der Waals surface area contributed by atoms with Crippen molar-refractivity contribution < 1.29 is 18.4 Å². The number of carbonyl (C=O) groups excluding carboxylic acids is 1. The third-order valence-electron chi connectivity index (χ3n) is 6.08. The van der Waals surface area contributed by atoms with Crippen LogP contribution in [0.5, 0.6) is 0 Å². The lowest BCUT2D eigenvalue weighted by molar-refractivity contribution is -0.131. The summed E-state index contributed by atoms with van der Waals surface area (Å²) in [4.78, 5) is 19.2. The Bertz CT molecular complexity index is 815. The summed E-state index contributed by atoms with van der Waals surface area (Å²) in [5.41, 5.74) is 0.638. The van der Waals surface area contributed by atoms with Crippen molar-refractivity contribution in [2.45, 2.75) is 44.9 Å². The summed E-state index contributed by atoms with van der Waals surface area (Å²) < 4.78 is 24.4. The molecule has 0 bridgehead atoms. The van der Waals surface area contributed by atoms with Crippen molar-refractivity contribution in [1.82, 2.24) is 15.0 Å². The highest BCUT2D eigenvalue weighted by atomic mass is 19.1. The third kappa shape index (κ3) is 3.68. The molecule has 0 N–H and O–H groups in total. The van der Waals surface area contributed by atoms with E-state index in [1.807, 2.05) is 4.90 Å². The summed E-state index contributed by atoms with van der Waals surface area (Å²) >= 11 is 0. The first kappa shape index (κ1) is 19.1. The van der Waals surface area contributed by atoms with Gasteiger partial charge in [-0.25, -0.2) is 4.39 Å². The Morgan fingerprint density at radius 2 is 2.04 bits per heavy atom. The molecular formula is C21H26FN3O3. The topological polar surface area (TPSA) is 68.5 Å². The number of nitrogens with zero attached hydrogens (tertiary/aromatic N) is 3. The summed E-state index contributed by atoms with van der Waals surface area (Å²) in [6.45, 7) is 4.79. The number of halogens is 1. The quantitative estimate of drug-likeness (QED) is 0.781. The zero-order chi connectivity index (χ0) is 19.6. The van der Waals surface area contributed by atoms with Crippen LogP contribution >= 0.6 is 0 Å². The predicted octanol–water partition coefficient (Wildman–Crippen LogP) is 3.79. The maximum Gasteiger partial charge on any atom is 0.232 e. The maximum absolute atomic E-state index is 13.2. The van der Waals surface area contributed by atoms with Gasteiger partial charge in [0.05, 0.1) is 5.92 Å². The van der Waals surface area contributed by atoms with Gasteiger partial charge in [-0.15, -0.1) is 0 Å². The Morgan fingerprint density at radius 1 is 1.29 bits per heavy atom. The van der Waals surface area contributed by atoms with Crippen LogP contribution in [-0.2, 0) is 9.53 Å².